The maximum Gasteiger partial charge on any atom is 0.270 e. The minimum atomic E-state index is -0.442. The molecule has 140 valence electrons. The number of unbranched alkanes of at least 4 members (excludes halogenated alkanes) is 1. The molecule has 0 atom stereocenters. The van der Waals surface area contributed by atoms with E-state index in [0.29, 0.717) is 37.4 Å². The van der Waals surface area contributed by atoms with Gasteiger partial charge < -0.3 is 10.1 Å². The number of hydrogen-bond acceptors (Lipinski definition) is 4. The lowest BCUT2D eigenvalue weighted by Gasteiger charge is -2.08. The van der Waals surface area contributed by atoms with Crippen molar-refractivity contribution >= 4 is 11.6 Å². The number of carbonyl (C=O) groups excluding carboxylic acids is 1. The van der Waals surface area contributed by atoms with Gasteiger partial charge in [0, 0.05) is 18.9 Å². The highest BCUT2D eigenvalue weighted by molar-refractivity contribution is 5.93. The van der Waals surface area contributed by atoms with Gasteiger partial charge in [0.2, 0.25) is 0 Å². The molecular formula is C20H20FN3O3. The number of amides is 1. The van der Waals surface area contributed by atoms with E-state index in [1.54, 1.807) is 24.4 Å². The number of fused-ring (bicyclic) bond motifs is 1. The van der Waals surface area contributed by atoms with Crippen molar-refractivity contribution in [1.29, 1.82) is 0 Å². The predicted octanol–water partition coefficient (Wildman–Crippen LogP) is 2.73. The SMILES string of the molecule is Cc1ccc2ncc(C(=O)NCCCCOc3ccc(F)cc3)c(=O)n2c1. The zero-order valence-corrected chi connectivity index (χ0v) is 14.9. The van der Waals surface area contributed by atoms with E-state index in [0.717, 1.165) is 5.56 Å². The van der Waals surface area contributed by atoms with E-state index in [2.05, 4.69) is 10.3 Å². The smallest absolute Gasteiger partial charge is 0.270 e. The second-order valence-corrected chi connectivity index (χ2v) is 6.18. The van der Waals surface area contributed by atoms with Crippen molar-refractivity contribution < 1.29 is 13.9 Å². The summed E-state index contributed by atoms with van der Waals surface area (Å²) in [6, 6.07) is 9.41. The van der Waals surface area contributed by atoms with Crippen molar-refractivity contribution in [2.24, 2.45) is 0 Å². The molecule has 0 spiro atoms. The number of rotatable bonds is 7. The molecule has 2 heterocycles. The van der Waals surface area contributed by atoms with Crippen molar-refractivity contribution in [3.05, 3.63) is 76.1 Å². The molecule has 0 aliphatic carbocycles. The van der Waals surface area contributed by atoms with Crippen LogP contribution in [0.2, 0.25) is 0 Å². The Balaban J connectivity index is 1.48. The van der Waals surface area contributed by atoms with Crippen molar-refractivity contribution in [1.82, 2.24) is 14.7 Å². The van der Waals surface area contributed by atoms with E-state index in [4.69, 9.17) is 4.74 Å². The van der Waals surface area contributed by atoms with E-state index in [1.165, 1.54) is 22.7 Å². The molecule has 2 aromatic heterocycles. The van der Waals surface area contributed by atoms with Gasteiger partial charge in [0.25, 0.3) is 11.5 Å². The molecule has 0 fully saturated rings. The highest BCUT2D eigenvalue weighted by atomic mass is 19.1. The molecule has 6 nitrogen and oxygen atoms in total. The van der Waals surface area contributed by atoms with Crippen LogP contribution in [0.15, 0.2) is 53.6 Å². The molecule has 0 aliphatic rings. The lowest BCUT2D eigenvalue weighted by Crippen LogP contribution is -2.32. The second kappa shape index (κ2) is 8.44. The highest BCUT2D eigenvalue weighted by Gasteiger charge is 2.12. The Bertz CT molecular complexity index is 1000. The average molecular weight is 369 g/mol. The fourth-order valence-electron chi connectivity index (χ4n) is 2.58. The molecule has 0 bridgehead atoms. The molecule has 0 aliphatic heterocycles. The number of hydrogen-bond donors (Lipinski definition) is 1. The zero-order valence-electron chi connectivity index (χ0n) is 14.9. The van der Waals surface area contributed by atoms with Crippen LogP contribution in [0.4, 0.5) is 4.39 Å². The quantitative estimate of drug-likeness (QED) is 0.650. The molecule has 1 N–H and O–H groups in total. The summed E-state index contributed by atoms with van der Waals surface area (Å²) < 4.78 is 19.7. The molecule has 0 radical (unpaired) electrons. The summed E-state index contributed by atoms with van der Waals surface area (Å²) in [6.07, 6.45) is 4.37. The fourth-order valence-corrected chi connectivity index (χ4v) is 2.58. The van der Waals surface area contributed by atoms with Crippen LogP contribution in [0.1, 0.15) is 28.8 Å². The van der Waals surface area contributed by atoms with Gasteiger partial charge in [0.1, 0.15) is 22.8 Å². The summed E-state index contributed by atoms with van der Waals surface area (Å²) in [7, 11) is 0. The second-order valence-electron chi connectivity index (χ2n) is 6.18. The maximum absolute atomic E-state index is 12.8. The number of benzene rings is 1. The lowest BCUT2D eigenvalue weighted by atomic mass is 10.2. The number of pyridine rings is 1. The largest absolute Gasteiger partial charge is 0.494 e. The number of ether oxygens (including phenoxy) is 1. The van der Waals surface area contributed by atoms with Crippen molar-refractivity contribution in [3.8, 4) is 5.75 Å². The van der Waals surface area contributed by atoms with Gasteiger partial charge in [-0.15, -0.1) is 0 Å². The van der Waals surface area contributed by atoms with E-state index in [9.17, 15) is 14.0 Å². The Morgan fingerprint density at radius 2 is 1.96 bits per heavy atom. The van der Waals surface area contributed by atoms with E-state index >= 15 is 0 Å². The Hall–Kier alpha value is -3.22. The molecule has 3 aromatic rings. The Kier molecular flexibility index (Phi) is 5.80. The molecular weight excluding hydrogens is 349 g/mol. The molecule has 7 heteroatoms. The zero-order chi connectivity index (χ0) is 19.2. The van der Waals surface area contributed by atoms with E-state index in [1.807, 2.05) is 13.0 Å². The number of carbonyl (C=O) groups is 1. The average Bonchev–Trinajstić information content (AvgIpc) is 2.66. The van der Waals surface area contributed by atoms with Gasteiger partial charge in [0.05, 0.1) is 6.61 Å². The monoisotopic (exact) mass is 369 g/mol. The summed E-state index contributed by atoms with van der Waals surface area (Å²) in [5.74, 6) is -0.145. The number of halogens is 1. The van der Waals surface area contributed by atoms with Crippen molar-refractivity contribution in [2.75, 3.05) is 13.2 Å². The molecule has 0 saturated carbocycles. The molecule has 0 saturated heterocycles. The van der Waals surface area contributed by atoms with E-state index in [-0.39, 0.29) is 16.9 Å². The first kappa shape index (κ1) is 18.6. The molecule has 3 rings (SSSR count). The standard InChI is InChI=1S/C20H20FN3O3/c1-14-4-9-18-23-12-17(20(26)24(18)13-14)19(25)22-10-2-3-11-27-16-7-5-15(21)6-8-16/h4-9,12-13H,2-3,10-11H2,1H3,(H,22,25). The van der Waals surface area contributed by atoms with Crippen LogP contribution in [0.25, 0.3) is 5.65 Å². The molecule has 1 aromatic carbocycles. The third kappa shape index (κ3) is 4.69. The Morgan fingerprint density at radius 3 is 2.74 bits per heavy atom. The lowest BCUT2D eigenvalue weighted by molar-refractivity contribution is 0.0950. The van der Waals surface area contributed by atoms with E-state index < -0.39 is 5.91 Å². The molecule has 27 heavy (non-hydrogen) atoms. The number of nitrogens with one attached hydrogen (secondary N) is 1. The minimum absolute atomic E-state index is 0.0145. The Labute approximate surface area is 155 Å². The van der Waals surface area contributed by atoms with Crippen LogP contribution in [0.3, 0.4) is 0 Å². The van der Waals surface area contributed by atoms with Gasteiger partial charge >= 0.3 is 0 Å². The number of nitrogens with zero attached hydrogens (tertiary/aromatic N) is 2. The van der Waals surface area contributed by atoms with Gasteiger partial charge in [-0.3, -0.25) is 14.0 Å². The minimum Gasteiger partial charge on any atom is -0.494 e. The normalized spacial score (nSPS) is 10.7. The fraction of sp³-hybridized carbons (Fsp3) is 0.250. The van der Waals surface area contributed by atoms with Crippen LogP contribution in [-0.2, 0) is 0 Å². The third-order valence-electron chi connectivity index (χ3n) is 4.03. The summed E-state index contributed by atoms with van der Waals surface area (Å²) in [6.45, 7) is 2.75. The summed E-state index contributed by atoms with van der Waals surface area (Å²) in [5, 5.41) is 2.73. The van der Waals surface area contributed by atoms with Gasteiger partial charge in [-0.05, 0) is 55.7 Å². The van der Waals surface area contributed by atoms with Gasteiger partial charge in [-0.25, -0.2) is 9.37 Å². The summed E-state index contributed by atoms with van der Waals surface area (Å²) >= 11 is 0. The van der Waals surface area contributed by atoms with Crippen LogP contribution in [0.5, 0.6) is 5.75 Å². The topological polar surface area (TPSA) is 72.7 Å². The first-order valence-electron chi connectivity index (χ1n) is 8.69. The van der Waals surface area contributed by atoms with Gasteiger partial charge in [0.15, 0.2) is 0 Å². The molecule has 0 unspecified atom stereocenters. The van der Waals surface area contributed by atoms with Gasteiger partial charge in [-0.1, -0.05) is 6.07 Å². The summed E-state index contributed by atoms with van der Waals surface area (Å²) in [5.41, 5.74) is 1.03. The van der Waals surface area contributed by atoms with Crippen LogP contribution < -0.4 is 15.6 Å². The first-order valence-corrected chi connectivity index (χ1v) is 8.69. The van der Waals surface area contributed by atoms with Crippen LogP contribution in [0, 0.1) is 12.7 Å². The highest BCUT2D eigenvalue weighted by Crippen LogP contribution is 2.11. The first-order chi connectivity index (χ1) is 13.0. The Morgan fingerprint density at radius 1 is 1.19 bits per heavy atom. The van der Waals surface area contributed by atoms with Crippen LogP contribution >= 0.6 is 0 Å². The van der Waals surface area contributed by atoms with Crippen molar-refractivity contribution in [2.45, 2.75) is 19.8 Å². The maximum atomic E-state index is 12.8. The predicted molar refractivity (Wildman–Crippen MR) is 99.7 cm³/mol. The third-order valence-corrected chi connectivity index (χ3v) is 4.03. The number of aromatic nitrogens is 2. The van der Waals surface area contributed by atoms with Crippen LogP contribution in [-0.4, -0.2) is 28.4 Å². The van der Waals surface area contributed by atoms with Gasteiger partial charge in [-0.2, -0.15) is 0 Å². The van der Waals surface area contributed by atoms with Crippen molar-refractivity contribution in [3.63, 3.8) is 0 Å². The summed E-state index contributed by atoms with van der Waals surface area (Å²) in [4.78, 5) is 28.9. The molecule has 1 amide bonds. The number of aryl methyl sites for hydroxylation is 1.